The molecule has 1 aromatic rings. The van der Waals surface area contributed by atoms with Gasteiger partial charge in [0.25, 0.3) is 0 Å². The van der Waals surface area contributed by atoms with Crippen LogP contribution in [0.4, 0.5) is 0 Å². The minimum Gasteiger partial charge on any atom is -0.507 e. The van der Waals surface area contributed by atoms with Crippen LogP contribution in [0.15, 0.2) is 23.1 Å². The van der Waals surface area contributed by atoms with Crippen molar-refractivity contribution >= 4 is 17.7 Å². The van der Waals surface area contributed by atoms with E-state index in [-0.39, 0.29) is 16.9 Å². The van der Waals surface area contributed by atoms with Crippen molar-refractivity contribution in [2.45, 2.75) is 36.3 Å². The van der Waals surface area contributed by atoms with Crippen LogP contribution in [0.25, 0.3) is 0 Å². The molecule has 0 amide bonds. The summed E-state index contributed by atoms with van der Waals surface area (Å²) in [5, 5.41) is 19.0. The van der Waals surface area contributed by atoms with Gasteiger partial charge in [0.1, 0.15) is 5.75 Å². The first kappa shape index (κ1) is 12.3. The first-order chi connectivity index (χ1) is 8.08. The molecule has 2 atom stereocenters. The van der Waals surface area contributed by atoms with Crippen LogP contribution in [-0.4, -0.2) is 21.4 Å². The molecule has 0 radical (unpaired) electrons. The molecule has 4 heteroatoms. The molecule has 0 bridgehead atoms. The normalized spacial score (nSPS) is 23.8. The number of aliphatic carboxylic acids is 1. The third-order valence-electron chi connectivity index (χ3n) is 3.16. The van der Waals surface area contributed by atoms with Crippen molar-refractivity contribution in [2.24, 2.45) is 5.92 Å². The molecule has 3 nitrogen and oxygen atoms in total. The van der Waals surface area contributed by atoms with Crippen molar-refractivity contribution in [2.75, 3.05) is 0 Å². The van der Waals surface area contributed by atoms with Gasteiger partial charge in [-0.1, -0.05) is 12.5 Å². The lowest BCUT2D eigenvalue weighted by Crippen LogP contribution is -2.19. The Morgan fingerprint density at radius 3 is 2.82 bits per heavy atom. The maximum Gasteiger partial charge on any atom is 0.307 e. The molecule has 1 aliphatic carbocycles. The molecule has 0 aromatic heterocycles. The third-order valence-corrected chi connectivity index (χ3v) is 4.63. The van der Waals surface area contributed by atoms with E-state index in [4.69, 9.17) is 5.11 Å². The summed E-state index contributed by atoms with van der Waals surface area (Å²) in [4.78, 5) is 11.9. The number of benzene rings is 1. The number of hydrogen-bond acceptors (Lipinski definition) is 3. The van der Waals surface area contributed by atoms with Gasteiger partial charge < -0.3 is 10.2 Å². The van der Waals surface area contributed by atoms with Crippen molar-refractivity contribution in [1.29, 1.82) is 0 Å². The lowest BCUT2D eigenvalue weighted by atomic mass is 10.1. The Morgan fingerprint density at radius 1 is 1.41 bits per heavy atom. The number of carbonyl (C=O) groups is 1. The van der Waals surface area contributed by atoms with Crippen LogP contribution in [0.5, 0.6) is 5.75 Å². The molecule has 2 rings (SSSR count). The predicted octanol–water partition coefficient (Wildman–Crippen LogP) is 3.05. The minimum atomic E-state index is -0.716. The number of rotatable bonds is 3. The van der Waals surface area contributed by atoms with Crippen LogP contribution in [0.2, 0.25) is 0 Å². The molecule has 0 unspecified atom stereocenters. The Labute approximate surface area is 105 Å². The van der Waals surface area contributed by atoms with Crippen LogP contribution in [0, 0.1) is 12.8 Å². The maximum absolute atomic E-state index is 11.1. The highest BCUT2D eigenvalue weighted by molar-refractivity contribution is 8.00. The van der Waals surface area contributed by atoms with Gasteiger partial charge in [-0.25, -0.2) is 0 Å². The van der Waals surface area contributed by atoms with E-state index in [2.05, 4.69) is 0 Å². The molecule has 2 N–H and O–H groups in total. The largest absolute Gasteiger partial charge is 0.507 e. The van der Waals surface area contributed by atoms with Crippen LogP contribution in [0.1, 0.15) is 24.8 Å². The smallest absolute Gasteiger partial charge is 0.307 e. The molecule has 0 heterocycles. The summed E-state index contributed by atoms with van der Waals surface area (Å²) >= 11 is 1.49. The molecule has 17 heavy (non-hydrogen) atoms. The fraction of sp³-hybridized carbons (Fsp3) is 0.462. The lowest BCUT2D eigenvalue weighted by molar-refractivity contribution is -0.141. The Bertz CT molecular complexity index is 431. The average Bonchev–Trinajstić information content (AvgIpc) is 2.70. The highest BCUT2D eigenvalue weighted by atomic mass is 32.2. The van der Waals surface area contributed by atoms with E-state index >= 15 is 0 Å². The number of phenols is 1. The number of thioether (sulfide) groups is 1. The molecule has 0 aliphatic heterocycles. The van der Waals surface area contributed by atoms with Gasteiger partial charge in [-0.05, 0) is 37.5 Å². The molecule has 0 spiro atoms. The average molecular weight is 252 g/mol. The molecule has 1 saturated carbocycles. The molecular formula is C13H16O3S. The second kappa shape index (κ2) is 5.00. The second-order valence-corrected chi connectivity index (χ2v) is 5.78. The Balaban J connectivity index is 2.12. The van der Waals surface area contributed by atoms with Gasteiger partial charge in [0.05, 0.1) is 5.92 Å². The predicted molar refractivity (Wildman–Crippen MR) is 67.5 cm³/mol. The van der Waals surface area contributed by atoms with Crippen molar-refractivity contribution in [3.05, 3.63) is 23.8 Å². The summed E-state index contributed by atoms with van der Waals surface area (Å²) in [6.07, 6.45) is 2.62. The molecule has 1 fully saturated rings. The number of aryl methyl sites for hydroxylation is 1. The first-order valence-electron chi connectivity index (χ1n) is 5.77. The quantitative estimate of drug-likeness (QED) is 0.868. The second-order valence-electron chi connectivity index (χ2n) is 4.50. The van der Waals surface area contributed by atoms with Crippen molar-refractivity contribution in [3.8, 4) is 5.75 Å². The van der Waals surface area contributed by atoms with E-state index in [1.54, 1.807) is 6.07 Å². The monoisotopic (exact) mass is 252 g/mol. The first-order valence-corrected chi connectivity index (χ1v) is 6.65. The van der Waals surface area contributed by atoms with Crippen LogP contribution >= 0.6 is 11.8 Å². The summed E-state index contributed by atoms with van der Waals surface area (Å²) in [6.45, 7) is 1.92. The van der Waals surface area contributed by atoms with E-state index < -0.39 is 5.97 Å². The fourth-order valence-electron chi connectivity index (χ4n) is 2.24. The number of hydrogen-bond donors (Lipinski definition) is 2. The van der Waals surface area contributed by atoms with Gasteiger partial charge in [-0.15, -0.1) is 11.8 Å². The molecule has 1 aliphatic rings. The lowest BCUT2D eigenvalue weighted by Gasteiger charge is -2.16. The van der Waals surface area contributed by atoms with Crippen molar-refractivity contribution in [3.63, 3.8) is 0 Å². The summed E-state index contributed by atoms with van der Waals surface area (Å²) in [6, 6.07) is 5.52. The molecular weight excluding hydrogens is 236 g/mol. The summed E-state index contributed by atoms with van der Waals surface area (Å²) in [5.74, 6) is -0.738. The number of aromatic hydroxyl groups is 1. The SMILES string of the molecule is Cc1ccc(S[C@H]2CCC[C@@H]2C(=O)O)c(O)c1. The number of phenolic OH excluding ortho intramolecular Hbond substituents is 1. The molecule has 92 valence electrons. The van der Waals surface area contributed by atoms with E-state index in [1.807, 2.05) is 19.1 Å². The fourth-order valence-corrected chi connectivity index (χ4v) is 3.59. The summed E-state index contributed by atoms with van der Waals surface area (Å²) < 4.78 is 0. The van der Waals surface area contributed by atoms with Gasteiger partial charge in [-0.3, -0.25) is 4.79 Å². The topological polar surface area (TPSA) is 57.5 Å². The third kappa shape index (κ3) is 2.75. The zero-order chi connectivity index (χ0) is 12.4. The van der Waals surface area contributed by atoms with E-state index in [0.717, 1.165) is 29.7 Å². The summed E-state index contributed by atoms with van der Waals surface area (Å²) in [7, 11) is 0. The number of carboxylic acids is 1. The highest BCUT2D eigenvalue weighted by Crippen LogP contribution is 2.42. The van der Waals surface area contributed by atoms with Crippen molar-refractivity contribution in [1.82, 2.24) is 0 Å². The zero-order valence-electron chi connectivity index (χ0n) is 9.72. The number of carboxylic acid groups (broad SMARTS) is 1. The van der Waals surface area contributed by atoms with Gasteiger partial charge in [0, 0.05) is 10.1 Å². The van der Waals surface area contributed by atoms with E-state index in [9.17, 15) is 9.90 Å². The Kier molecular flexibility index (Phi) is 3.62. The van der Waals surface area contributed by atoms with Crippen molar-refractivity contribution < 1.29 is 15.0 Å². The van der Waals surface area contributed by atoms with Crippen LogP contribution < -0.4 is 0 Å². The maximum atomic E-state index is 11.1. The Hall–Kier alpha value is -1.16. The molecule has 1 aromatic carbocycles. The van der Waals surface area contributed by atoms with Crippen LogP contribution in [-0.2, 0) is 4.79 Å². The van der Waals surface area contributed by atoms with Gasteiger partial charge in [0.15, 0.2) is 0 Å². The molecule has 0 saturated heterocycles. The van der Waals surface area contributed by atoms with Gasteiger partial charge in [0.2, 0.25) is 0 Å². The van der Waals surface area contributed by atoms with E-state index in [0.29, 0.717) is 0 Å². The van der Waals surface area contributed by atoms with E-state index in [1.165, 1.54) is 11.8 Å². The van der Waals surface area contributed by atoms with Gasteiger partial charge >= 0.3 is 5.97 Å². The zero-order valence-corrected chi connectivity index (χ0v) is 10.5. The van der Waals surface area contributed by atoms with Gasteiger partial charge in [-0.2, -0.15) is 0 Å². The minimum absolute atomic E-state index is 0.0844. The Morgan fingerprint density at radius 2 is 2.18 bits per heavy atom. The van der Waals surface area contributed by atoms with Crippen LogP contribution in [0.3, 0.4) is 0 Å². The standard InChI is InChI=1S/C13H16O3S/c1-8-5-6-12(10(14)7-8)17-11-4-2-3-9(11)13(15)16/h5-7,9,11,14H,2-4H2,1H3,(H,15,16)/t9-,11-/m0/s1. The summed E-state index contributed by atoms with van der Waals surface area (Å²) in [5.41, 5.74) is 1.01. The highest BCUT2D eigenvalue weighted by Gasteiger charge is 2.33.